The fourth-order valence-corrected chi connectivity index (χ4v) is 4.52. The SMILES string of the molecule is C=CCNC(=O)[C@]1(Cc2ccccc2N=[N+]=[N-])N=C(c2ccc(OCCCO)cc2)O[C@@H]1c1ccccc1N=[N+]=[N-]. The van der Waals surface area contributed by atoms with E-state index in [1.54, 1.807) is 78.9 Å². The third-order valence-corrected chi connectivity index (χ3v) is 6.41. The quantitative estimate of drug-likeness (QED) is 0.0851. The van der Waals surface area contributed by atoms with Crippen molar-refractivity contribution in [2.24, 2.45) is 15.2 Å². The monoisotopic (exact) mass is 552 g/mol. The lowest BCUT2D eigenvalue weighted by Gasteiger charge is -2.31. The van der Waals surface area contributed by atoms with Gasteiger partial charge in [-0.15, -0.1) is 6.58 Å². The van der Waals surface area contributed by atoms with Crippen LogP contribution in [0.25, 0.3) is 20.9 Å². The summed E-state index contributed by atoms with van der Waals surface area (Å²) >= 11 is 0. The molecule has 4 rings (SSSR count). The van der Waals surface area contributed by atoms with Crippen molar-refractivity contribution in [2.45, 2.75) is 24.5 Å². The van der Waals surface area contributed by atoms with Crippen molar-refractivity contribution in [3.8, 4) is 5.75 Å². The summed E-state index contributed by atoms with van der Waals surface area (Å²) in [6.45, 7) is 4.27. The number of aliphatic hydroxyl groups is 1. The molecule has 3 aromatic rings. The van der Waals surface area contributed by atoms with Crippen molar-refractivity contribution in [3.05, 3.63) is 123 Å². The molecule has 2 atom stereocenters. The predicted molar refractivity (Wildman–Crippen MR) is 154 cm³/mol. The maximum absolute atomic E-state index is 14.0. The second kappa shape index (κ2) is 13.7. The molecule has 12 nitrogen and oxygen atoms in total. The minimum atomic E-state index is -1.59. The van der Waals surface area contributed by atoms with Crippen LogP contribution in [0.5, 0.6) is 5.75 Å². The van der Waals surface area contributed by atoms with Crippen LogP contribution in [-0.2, 0) is 16.0 Å². The first-order valence-electron chi connectivity index (χ1n) is 12.8. The van der Waals surface area contributed by atoms with Crippen LogP contribution in [0.1, 0.15) is 29.2 Å². The molecule has 0 fully saturated rings. The summed E-state index contributed by atoms with van der Waals surface area (Å²) in [4.78, 5) is 24.8. The van der Waals surface area contributed by atoms with E-state index in [-0.39, 0.29) is 31.2 Å². The zero-order valence-electron chi connectivity index (χ0n) is 22.1. The second-order valence-corrected chi connectivity index (χ2v) is 9.03. The van der Waals surface area contributed by atoms with E-state index in [1.165, 1.54) is 0 Å². The van der Waals surface area contributed by atoms with Gasteiger partial charge in [0.1, 0.15) is 5.75 Å². The van der Waals surface area contributed by atoms with Gasteiger partial charge < -0.3 is 19.9 Å². The van der Waals surface area contributed by atoms with Crippen molar-refractivity contribution in [1.29, 1.82) is 0 Å². The number of azide groups is 2. The molecule has 12 heteroatoms. The number of benzene rings is 3. The third kappa shape index (κ3) is 6.48. The molecule has 0 spiro atoms. The molecule has 1 amide bonds. The molecular weight excluding hydrogens is 524 g/mol. The van der Waals surface area contributed by atoms with E-state index in [9.17, 15) is 10.3 Å². The van der Waals surface area contributed by atoms with Gasteiger partial charge in [-0.1, -0.05) is 64.8 Å². The number of hydrogen-bond acceptors (Lipinski definition) is 7. The van der Waals surface area contributed by atoms with Gasteiger partial charge >= 0.3 is 0 Å². The minimum absolute atomic E-state index is 0.00624. The van der Waals surface area contributed by atoms with Gasteiger partial charge in [-0.25, -0.2) is 4.99 Å². The first kappa shape index (κ1) is 28.7. The lowest BCUT2D eigenvalue weighted by atomic mass is 9.81. The van der Waals surface area contributed by atoms with Crippen LogP contribution in [0.2, 0.25) is 0 Å². The van der Waals surface area contributed by atoms with Crippen molar-refractivity contribution in [2.75, 3.05) is 19.8 Å². The number of ether oxygens (including phenoxy) is 2. The summed E-state index contributed by atoms with van der Waals surface area (Å²) in [6.07, 6.45) is 1.05. The van der Waals surface area contributed by atoms with Crippen LogP contribution in [0.4, 0.5) is 11.4 Å². The standard InChI is InChI=1S/C29H28N8O4/c1-2-16-32-28(39)29(19-21-8-3-5-10-24(21)34-36-30)26(23-9-4-6-11-25(23)35-37-31)41-27(33-29)20-12-14-22(15-13-20)40-18-7-17-38/h2-6,8-15,26,38H,1,7,16-19H2,(H,32,39)/t26-,29-/m1/s1. The first-order chi connectivity index (χ1) is 20.1. The Morgan fingerprint density at radius 3 is 2.46 bits per heavy atom. The summed E-state index contributed by atoms with van der Waals surface area (Å²) in [6, 6.07) is 20.8. The van der Waals surface area contributed by atoms with Gasteiger partial charge in [0.2, 0.25) is 5.90 Å². The normalized spacial score (nSPS) is 17.3. The van der Waals surface area contributed by atoms with Crippen molar-refractivity contribution >= 4 is 23.2 Å². The Labute approximate surface area is 236 Å². The Kier molecular flexibility index (Phi) is 9.58. The fourth-order valence-electron chi connectivity index (χ4n) is 4.52. The maximum Gasteiger partial charge on any atom is 0.252 e. The summed E-state index contributed by atoms with van der Waals surface area (Å²) in [5.74, 6) is 0.347. The molecule has 41 heavy (non-hydrogen) atoms. The molecule has 0 saturated carbocycles. The lowest BCUT2D eigenvalue weighted by molar-refractivity contribution is -0.128. The molecule has 0 bridgehead atoms. The van der Waals surface area contributed by atoms with Crippen LogP contribution in [0, 0.1) is 0 Å². The Morgan fingerprint density at radius 1 is 1.07 bits per heavy atom. The van der Waals surface area contributed by atoms with Crippen molar-refractivity contribution < 1.29 is 19.4 Å². The summed E-state index contributed by atoms with van der Waals surface area (Å²) in [7, 11) is 0. The molecule has 0 radical (unpaired) electrons. The molecule has 3 aromatic carbocycles. The highest BCUT2D eigenvalue weighted by atomic mass is 16.5. The zero-order chi connectivity index (χ0) is 29.1. The van der Waals surface area contributed by atoms with E-state index in [4.69, 9.17) is 25.1 Å². The first-order valence-corrected chi connectivity index (χ1v) is 12.8. The topological polar surface area (TPSA) is 178 Å². The number of nitrogens with one attached hydrogen (secondary N) is 1. The van der Waals surface area contributed by atoms with Crippen LogP contribution < -0.4 is 10.1 Å². The van der Waals surface area contributed by atoms with E-state index >= 15 is 0 Å². The Bertz CT molecular complexity index is 1530. The maximum atomic E-state index is 14.0. The van der Waals surface area contributed by atoms with E-state index in [1.807, 2.05) is 0 Å². The molecule has 1 heterocycles. The molecule has 0 saturated heterocycles. The van der Waals surface area contributed by atoms with Crippen LogP contribution in [0.15, 0.2) is 101 Å². The van der Waals surface area contributed by atoms with Crippen LogP contribution >= 0.6 is 0 Å². The van der Waals surface area contributed by atoms with Gasteiger partial charge in [0.05, 0.1) is 6.61 Å². The molecule has 208 valence electrons. The molecule has 1 aliphatic heterocycles. The van der Waals surface area contributed by atoms with E-state index in [0.717, 1.165) is 0 Å². The number of hydrogen-bond donors (Lipinski definition) is 2. The largest absolute Gasteiger partial charge is 0.494 e. The third-order valence-electron chi connectivity index (χ3n) is 6.41. The molecule has 2 N–H and O–H groups in total. The Hall–Kier alpha value is -5.28. The second-order valence-electron chi connectivity index (χ2n) is 9.03. The predicted octanol–water partition coefficient (Wildman–Crippen LogP) is 6.13. The van der Waals surface area contributed by atoms with Gasteiger partial charge in [0, 0.05) is 58.3 Å². The number of carbonyl (C=O) groups excluding carboxylic acids is 1. The van der Waals surface area contributed by atoms with Crippen molar-refractivity contribution in [3.63, 3.8) is 0 Å². The van der Waals surface area contributed by atoms with Gasteiger partial charge in [0.25, 0.3) is 5.91 Å². The van der Waals surface area contributed by atoms with Gasteiger partial charge in [0.15, 0.2) is 11.6 Å². The van der Waals surface area contributed by atoms with Gasteiger partial charge in [-0.05, 0) is 40.9 Å². The average molecular weight is 553 g/mol. The Morgan fingerprint density at radius 2 is 1.76 bits per heavy atom. The van der Waals surface area contributed by atoms with Crippen LogP contribution in [-0.4, -0.2) is 42.2 Å². The summed E-state index contributed by atoms with van der Waals surface area (Å²) < 4.78 is 12.1. The molecule has 1 aliphatic rings. The highest BCUT2D eigenvalue weighted by Gasteiger charge is 2.54. The summed E-state index contributed by atoms with van der Waals surface area (Å²) in [5, 5.41) is 19.5. The van der Waals surface area contributed by atoms with E-state index < -0.39 is 17.6 Å². The number of aliphatic imine (C=N–C) groups is 1. The molecule has 0 aliphatic carbocycles. The fraction of sp³-hybridized carbons (Fsp3) is 0.241. The molecule has 0 aromatic heterocycles. The van der Waals surface area contributed by atoms with Crippen LogP contribution in [0.3, 0.4) is 0 Å². The highest BCUT2D eigenvalue weighted by Crippen LogP contribution is 2.46. The van der Waals surface area contributed by atoms with Crippen molar-refractivity contribution in [1.82, 2.24) is 5.32 Å². The number of nitrogens with zero attached hydrogens (tertiary/aromatic N) is 7. The summed E-state index contributed by atoms with van der Waals surface area (Å²) in [5.41, 5.74) is 19.1. The van der Waals surface area contributed by atoms with Gasteiger partial charge in [-0.2, -0.15) is 0 Å². The smallest absolute Gasteiger partial charge is 0.252 e. The average Bonchev–Trinajstić information content (AvgIpc) is 3.38. The number of amides is 1. The number of rotatable bonds is 13. The van der Waals surface area contributed by atoms with E-state index in [0.29, 0.717) is 41.2 Å². The van der Waals surface area contributed by atoms with Gasteiger partial charge in [-0.3, -0.25) is 4.79 Å². The Balaban J connectivity index is 1.88. The lowest BCUT2D eigenvalue weighted by Crippen LogP contribution is -2.50. The highest BCUT2D eigenvalue weighted by molar-refractivity contribution is 6.01. The zero-order valence-corrected chi connectivity index (χ0v) is 22.1. The number of aliphatic hydroxyl groups excluding tert-OH is 1. The number of carbonyl (C=O) groups is 1. The molecule has 0 unspecified atom stereocenters. The minimum Gasteiger partial charge on any atom is -0.494 e. The van der Waals surface area contributed by atoms with E-state index in [2.05, 4.69) is 31.9 Å². The molecular formula is C29H28N8O4.